The maximum absolute atomic E-state index is 11.9. The van der Waals surface area contributed by atoms with E-state index in [1.165, 1.54) is 11.1 Å². The average Bonchev–Trinajstić information content (AvgIpc) is 2.34. The first-order chi connectivity index (χ1) is 9.03. The summed E-state index contributed by atoms with van der Waals surface area (Å²) in [4.78, 5) is 11.9. The summed E-state index contributed by atoms with van der Waals surface area (Å²) in [7, 11) is 0. The summed E-state index contributed by atoms with van der Waals surface area (Å²) in [6, 6.07) is 8.70. The van der Waals surface area contributed by atoms with Gasteiger partial charge in [0.15, 0.2) is 0 Å². The number of hydrogen-bond acceptors (Lipinski definition) is 2. The maximum atomic E-state index is 11.9. The second-order valence-electron chi connectivity index (χ2n) is 6.01. The average molecular weight is 297 g/mol. The van der Waals surface area contributed by atoms with Gasteiger partial charge < -0.3 is 10.6 Å². The van der Waals surface area contributed by atoms with E-state index in [0.29, 0.717) is 6.54 Å². The van der Waals surface area contributed by atoms with Gasteiger partial charge in [-0.2, -0.15) is 0 Å². The minimum atomic E-state index is -0.0287. The third-order valence-corrected chi connectivity index (χ3v) is 4.00. The third kappa shape index (κ3) is 3.97. The molecule has 1 aromatic carbocycles. The van der Waals surface area contributed by atoms with Crippen LogP contribution >= 0.6 is 12.4 Å². The fourth-order valence-corrected chi connectivity index (χ4v) is 2.22. The van der Waals surface area contributed by atoms with E-state index in [1.54, 1.807) is 0 Å². The molecule has 2 N–H and O–H groups in total. The second-order valence-corrected chi connectivity index (χ2v) is 6.01. The molecule has 3 nitrogen and oxygen atoms in total. The fraction of sp³-hybridized carbons (Fsp3) is 0.562. The molecule has 0 unspecified atom stereocenters. The SMILES string of the molecule is CCc1ccc(C(C)(C)CNC(=O)C2CNC2)cc1.Cl. The van der Waals surface area contributed by atoms with Crippen molar-refractivity contribution < 1.29 is 4.79 Å². The molecule has 4 heteroatoms. The van der Waals surface area contributed by atoms with Gasteiger partial charge in [-0.05, 0) is 17.5 Å². The Morgan fingerprint density at radius 3 is 2.35 bits per heavy atom. The van der Waals surface area contributed by atoms with Gasteiger partial charge >= 0.3 is 0 Å². The monoisotopic (exact) mass is 296 g/mol. The van der Waals surface area contributed by atoms with Crippen molar-refractivity contribution in [2.45, 2.75) is 32.6 Å². The molecule has 1 aromatic rings. The minimum absolute atomic E-state index is 0. The second kappa shape index (κ2) is 7.09. The molecule has 0 bridgehead atoms. The lowest BCUT2D eigenvalue weighted by atomic mass is 9.84. The van der Waals surface area contributed by atoms with Gasteiger partial charge in [0.25, 0.3) is 0 Å². The molecule has 1 fully saturated rings. The number of hydrogen-bond donors (Lipinski definition) is 2. The molecule has 20 heavy (non-hydrogen) atoms. The summed E-state index contributed by atoms with van der Waals surface area (Å²) in [6.07, 6.45) is 1.06. The Hall–Kier alpha value is -1.06. The van der Waals surface area contributed by atoms with E-state index in [2.05, 4.69) is 55.7 Å². The number of rotatable bonds is 5. The van der Waals surface area contributed by atoms with E-state index < -0.39 is 0 Å². The molecule has 0 aliphatic carbocycles. The topological polar surface area (TPSA) is 41.1 Å². The van der Waals surface area contributed by atoms with Gasteiger partial charge in [-0.1, -0.05) is 45.0 Å². The van der Waals surface area contributed by atoms with Crippen molar-refractivity contribution in [3.05, 3.63) is 35.4 Å². The van der Waals surface area contributed by atoms with Crippen LogP contribution < -0.4 is 10.6 Å². The Bertz CT molecular complexity index is 438. The van der Waals surface area contributed by atoms with E-state index in [9.17, 15) is 4.79 Å². The molecule has 1 aliphatic heterocycles. The van der Waals surface area contributed by atoms with Crippen LogP contribution in [0.5, 0.6) is 0 Å². The molecule has 0 atom stereocenters. The summed E-state index contributed by atoms with van der Waals surface area (Å²) in [5, 5.41) is 6.20. The number of aryl methyl sites for hydroxylation is 1. The van der Waals surface area contributed by atoms with E-state index in [-0.39, 0.29) is 29.6 Å². The lowest BCUT2D eigenvalue weighted by Crippen LogP contribution is -2.52. The predicted octanol–water partition coefficient (Wildman–Crippen LogP) is 2.28. The van der Waals surface area contributed by atoms with Crippen LogP contribution in [-0.4, -0.2) is 25.5 Å². The highest BCUT2D eigenvalue weighted by molar-refractivity contribution is 5.85. The molecule has 0 aromatic heterocycles. The van der Waals surface area contributed by atoms with Crippen molar-refractivity contribution in [3.8, 4) is 0 Å². The standard InChI is InChI=1S/C16H24N2O.ClH/c1-4-12-5-7-14(8-6-12)16(2,3)11-18-15(19)13-9-17-10-13;/h5-8,13,17H,4,9-11H2,1-3H3,(H,18,19);1H. The predicted molar refractivity (Wildman–Crippen MR) is 85.5 cm³/mol. The first-order valence-electron chi connectivity index (χ1n) is 7.11. The lowest BCUT2D eigenvalue weighted by molar-refractivity contribution is -0.126. The first-order valence-corrected chi connectivity index (χ1v) is 7.11. The molecule has 2 rings (SSSR count). The Morgan fingerprint density at radius 2 is 1.90 bits per heavy atom. The van der Waals surface area contributed by atoms with Crippen LogP contribution in [0.2, 0.25) is 0 Å². The fourth-order valence-electron chi connectivity index (χ4n) is 2.22. The van der Waals surface area contributed by atoms with E-state index in [0.717, 1.165) is 19.5 Å². The van der Waals surface area contributed by atoms with E-state index in [1.807, 2.05) is 0 Å². The van der Waals surface area contributed by atoms with Crippen molar-refractivity contribution in [1.29, 1.82) is 0 Å². The molecule has 1 heterocycles. The van der Waals surface area contributed by atoms with Crippen LogP contribution in [0.4, 0.5) is 0 Å². The lowest BCUT2D eigenvalue weighted by Gasteiger charge is -2.30. The summed E-state index contributed by atoms with van der Waals surface area (Å²) in [5.41, 5.74) is 2.60. The summed E-state index contributed by atoms with van der Waals surface area (Å²) >= 11 is 0. The largest absolute Gasteiger partial charge is 0.355 e. The van der Waals surface area contributed by atoms with Gasteiger partial charge in [0.2, 0.25) is 5.91 Å². The van der Waals surface area contributed by atoms with Gasteiger partial charge in [0.1, 0.15) is 0 Å². The van der Waals surface area contributed by atoms with Gasteiger partial charge in [-0.3, -0.25) is 4.79 Å². The van der Waals surface area contributed by atoms with Crippen molar-refractivity contribution in [2.24, 2.45) is 5.92 Å². The van der Waals surface area contributed by atoms with Crippen LogP contribution in [0.3, 0.4) is 0 Å². The molecular weight excluding hydrogens is 272 g/mol. The molecule has 0 spiro atoms. The van der Waals surface area contributed by atoms with Gasteiger partial charge in [0.05, 0.1) is 5.92 Å². The van der Waals surface area contributed by atoms with Gasteiger partial charge in [0, 0.05) is 25.0 Å². The maximum Gasteiger partial charge on any atom is 0.225 e. The van der Waals surface area contributed by atoms with Crippen LogP contribution in [0, 0.1) is 5.92 Å². The molecule has 1 amide bonds. The highest BCUT2D eigenvalue weighted by atomic mass is 35.5. The molecule has 1 aliphatic rings. The van der Waals surface area contributed by atoms with Crippen LogP contribution in [0.15, 0.2) is 24.3 Å². The van der Waals surface area contributed by atoms with E-state index >= 15 is 0 Å². The zero-order valence-corrected chi connectivity index (χ0v) is 13.3. The number of halogens is 1. The number of nitrogens with one attached hydrogen (secondary N) is 2. The Balaban J connectivity index is 0.00000200. The Kier molecular flexibility index (Phi) is 6.03. The number of carbonyl (C=O) groups is 1. The first kappa shape index (κ1) is 17.0. The third-order valence-electron chi connectivity index (χ3n) is 4.00. The van der Waals surface area contributed by atoms with Crippen LogP contribution in [0.25, 0.3) is 0 Å². The number of amides is 1. The summed E-state index contributed by atoms with van der Waals surface area (Å²) in [6.45, 7) is 8.83. The van der Waals surface area contributed by atoms with Crippen molar-refractivity contribution in [2.75, 3.05) is 19.6 Å². The number of carbonyl (C=O) groups excluding carboxylic acids is 1. The summed E-state index contributed by atoms with van der Waals surface area (Å²) < 4.78 is 0. The van der Waals surface area contributed by atoms with Gasteiger partial charge in [-0.15, -0.1) is 12.4 Å². The van der Waals surface area contributed by atoms with Crippen molar-refractivity contribution >= 4 is 18.3 Å². The van der Waals surface area contributed by atoms with Gasteiger partial charge in [-0.25, -0.2) is 0 Å². The smallest absolute Gasteiger partial charge is 0.225 e. The zero-order valence-electron chi connectivity index (χ0n) is 12.5. The highest BCUT2D eigenvalue weighted by Gasteiger charge is 2.27. The Morgan fingerprint density at radius 1 is 1.30 bits per heavy atom. The van der Waals surface area contributed by atoms with Crippen LogP contribution in [0.1, 0.15) is 31.9 Å². The zero-order chi connectivity index (χ0) is 13.9. The van der Waals surface area contributed by atoms with Crippen molar-refractivity contribution in [1.82, 2.24) is 10.6 Å². The molecule has 112 valence electrons. The van der Waals surface area contributed by atoms with Crippen molar-refractivity contribution in [3.63, 3.8) is 0 Å². The molecular formula is C16H25ClN2O. The molecule has 0 saturated carbocycles. The Labute approximate surface area is 127 Å². The number of benzene rings is 1. The molecule has 0 radical (unpaired) electrons. The van der Waals surface area contributed by atoms with E-state index in [4.69, 9.17) is 0 Å². The normalized spacial score (nSPS) is 15.2. The van der Waals surface area contributed by atoms with Crippen LogP contribution in [-0.2, 0) is 16.6 Å². The summed E-state index contributed by atoms with van der Waals surface area (Å²) in [5.74, 6) is 0.343. The highest BCUT2D eigenvalue weighted by Crippen LogP contribution is 2.23. The quantitative estimate of drug-likeness (QED) is 0.875. The molecule has 1 saturated heterocycles. The minimum Gasteiger partial charge on any atom is -0.355 e.